The van der Waals surface area contributed by atoms with Crippen LogP contribution in [-0.2, 0) is 20.6 Å². The van der Waals surface area contributed by atoms with Crippen LogP contribution < -0.4 is 19.1 Å². The van der Waals surface area contributed by atoms with Crippen molar-refractivity contribution < 1.29 is 22.7 Å². The first-order valence-electron chi connectivity index (χ1n) is 11.7. The summed E-state index contributed by atoms with van der Waals surface area (Å²) in [5.41, 5.74) is 1.10. The highest BCUT2D eigenvalue weighted by molar-refractivity contribution is 7.92. The van der Waals surface area contributed by atoms with Crippen LogP contribution in [0.3, 0.4) is 0 Å². The number of hydrogen-bond donors (Lipinski definition) is 1. The second kappa shape index (κ2) is 10.3. The summed E-state index contributed by atoms with van der Waals surface area (Å²) in [4.78, 5) is 12.9. The molecule has 0 fully saturated rings. The number of nitrogens with zero attached hydrogens (tertiary/aromatic N) is 1. The van der Waals surface area contributed by atoms with Gasteiger partial charge in [-0.05, 0) is 29.1 Å². The molecule has 5 rings (SSSR count). The molecule has 0 unspecified atom stereocenters. The van der Waals surface area contributed by atoms with Crippen LogP contribution in [0.25, 0.3) is 10.8 Å². The first-order valence-corrected chi connectivity index (χ1v) is 13.3. The summed E-state index contributed by atoms with van der Waals surface area (Å²) in [6.45, 7) is 0.404. The summed E-state index contributed by atoms with van der Waals surface area (Å²) in [5.74, 6) is 0.525. The maximum absolute atomic E-state index is 13.3. The predicted molar refractivity (Wildman–Crippen MR) is 140 cm³/mol. The van der Waals surface area contributed by atoms with E-state index in [-0.39, 0.29) is 25.4 Å². The Labute approximate surface area is 210 Å². The minimum Gasteiger partial charge on any atom is -0.491 e. The molecule has 8 heteroatoms. The average Bonchev–Trinajstić information content (AvgIpc) is 2.90. The third-order valence-corrected chi connectivity index (χ3v) is 7.68. The summed E-state index contributed by atoms with van der Waals surface area (Å²) in [6.07, 6.45) is -0.983. The number of anilines is 1. The zero-order valence-electron chi connectivity index (χ0n) is 19.5. The molecule has 7 nitrogen and oxygen atoms in total. The Morgan fingerprint density at radius 1 is 0.917 bits per heavy atom. The van der Waals surface area contributed by atoms with Gasteiger partial charge in [0.05, 0.1) is 24.5 Å². The smallest absolute Gasteiger partial charge is 0.263 e. The molecular formula is C28H26N2O5S. The molecular weight excluding hydrogens is 476 g/mol. The summed E-state index contributed by atoms with van der Waals surface area (Å²) in [6, 6.07) is 29.6. The van der Waals surface area contributed by atoms with Gasteiger partial charge in [0, 0.05) is 5.39 Å². The summed E-state index contributed by atoms with van der Waals surface area (Å²) >= 11 is 0. The number of carbonyl (C=O) groups is 1. The van der Waals surface area contributed by atoms with Gasteiger partial charge in [-0.25, -0.2) is 8.42 Å². The molecule has 0 spiro atoms. The van der Waals surface area contributed by atoms with Crippen LogP contribution in [0.1, 0.15) is 5.56 Å². The highest BCUT2D eigenvalue weighted by Crippen LogP contribution is 2.35. The molecule has 0 aliphatic carbocycles. The number of hydrogen-bond acceptors (Lipinski definition) is 5. The van der Waals surface area contributed by atoms with Gasteiger partial charge >= 0.3 is 0 Å². The lowest BCUT2D eigenvalue weighted by Crippen LogP contribution is -2.51. The molecule has 4 aromatic carbocycles. The number of amides is 1. The maximum atomic E-state index is 13.3. The molecule has 1 aliphatic heterocycles. The fourth-order valence-electron chi connectivity index (χ4n) is 4.24. The van der Waals surface area contributed by atoms with E-state index >= 15 is 0 Å². The Hall–Kier alpha value is -4.04. The molecule has 1 atom stereocenters. The molecule has 1 N–H and O–H groups in total. The highest BCUT2D eigenvalue weighted by atomic mass is 32.2. The van der Waals surface area contributed by atoms with Gasteiger partial charge in [0.25, 0.3) is 5.91 Å². The van der Waals surface area contributed by atoms with E-state index in [9.17, 15) is 13.2 Å². The molecule has 1 amide bonds. The first kappa shape index (κ1) is 23.7. The monoisotopic (exact) mass is 502 g/mol. The van der Waals surface area contributed by atoms with Gasteiger partial charge in [-0.3, -0.25) is 9.10 Å². The van der Waals surface area contributed by atoms with Gasteiger partial charge in [-0.15, -0.1) is 0 Å². The molecule has 4 aromatic rings. The van der Waals surface area contributed by atoms with Crippen molar-refractivity contribution in [1.82, 2.24) is 5.32 Å². The Balaban J connectivity index is 1.25. The van der Waals surface area contributed by atoms with Crippen LogP contribution in [0.4, 0.5) is 5.69 Å². The number of nitrogens with one attached hydrogen (secondary N) is 1. The van der Waals surface area contributed by atoms with E-state index in [1.807, 2.05) is 48.5 Å². The van der Waals surface area contributed by atoms with E-state index in [4.69, 9.17) is 9.47 Å². The number of rotatable bonds is 8. The zero-order chi connectivity index (χ0) is 25.0. The molecule has 0 saturated heterocycles. The van der Waals surface area contributed by atoms with E-state index in [0.717, 1.165) is 16.5 Å². The van der Waals surface area contributed by atoms with Crippen molar-refractivity contribution in [1.29, 1.82) is 0 Å². The van der Waals surface area contributed by atoms with Crippen LogP contribution in [-0.4, -0.2) is 40.1 Å². The van der Waals surface area contributed by atoms with Crippen LogP contribution in [0.2, 0.25) is 0 Å². The number of carbonyl (C=O) groups excluding carboxylic acids is 1. The Bertz CT molecular complexity index is 1470. The van der Waals surface area contributed by atoms with Crippen molar-refractivity contribution in [2.45, 2.75) is 11.9 Å². The van der Waals surface area contributed by atoms with E-state index in [1.54, 1.807) is 48.5 Å². The topological polar surface area (TPSA) is 84.9 Å². The van der Waals surface area contributed by atoms with Crippen molar-refractivity contribution in [2.24, 2.45) is 0 Å². The van der Waals surface area contributed by atoms with Gasteiger partial charge in [0.15, 0.2) is 6.10 Å². The summed E-state index contributed by atoms with van der Waals surface area (Å²) < 4.78 is 39.7. The Morgan fingerprint density at radius 2 is 1.64 bits per heavy atom. The zero-order valence-corrected chi connectivity index (χ0v) is 20.4. The second-order valence-corrected chi connectivity index (χ2v) is 10.4. The Morgan fingerprint density at radius 3 is 2.50 bits per heavy atom. The van der Waals surface area contributed by atoms with Crippen molar-refractivity contribution in [2.75, 3.05) is 24.0 Å². The third kappa shape index (κ3) is 5.13. The summed E-state index contributed by atoms with van der Waals surface area (Å²) in [7, 11) is -3.75. The quantitative estimate of drug-likeness (QED) is 0.366. The van der Waals surface area contributed by atoms with Gasteiger partial charge in [-0.1, -0.05) is 78.9 Å². The molecule has 0 aromatic heterocycles. The van der Waals surface area contributed by atoms with Crippen LogP contribution >= 0.6 is 0 Å². The molecule has 0 radical (unpaired) electrons. The molecule has 1 aliphatic rings. The standard InChI is InChI=1S/C28H26N2O5S/c31-28(29-17-18-34-25-16-8-12-22-11-4-5-13-23(22)25)27-19-30(24-14-6-7-15-26(24)35-27)36(32,33)20-21-9-2-1-3-10-21/h1-16,27H,17-20H2,(H,29,31)/t27-/m1/s1. The van der Waals surface area contributed by atoms with Crippen LogP contribution in [0.5, 0.6) is 11.5 Å². The lowest BCUT2D eigenvalue weighted by molar-refractivity contribution is -0.127. The van der Waals surface area contributed by atoms with Crippen LogP contribution in [0, 0.1) is 0 Å². The van der Waals surface area contributed by atoms with E-state index < -0.39 is 22.0 Å². The fraction of sp³-hybridized carbons (Fsp3) is 0.179. The number of ether oxygens (including phenoxy) is 2. The first-order chi connectivity index (χ1) is 17.5. The fourth-order valence-corrected chi connectivity index (χ4v) is 5.82. The van der Waals surface area contributed by atoms with Crippen molar-refractivity contribution in [3.63, 3.8) is 0 Å². The van der Waals surface area contributed by atoms with Gasteiger partial charge in [0.1, 0.15) is 18.1 Å². The predicted octanol–water partition coefficient (Wildman–Crippen LogP) is 4.13. The largest absolute Gasteiger partial charge is 0.491 e. The molecule has 1 heterocycles. The molecule has 0 bridgehead atoms. The van der Waals surface area contributed by atoms with Crippen LogP contribution in [0.15, 0.2) is 97.1 Å². The van der Waals surface area contributed by atoms with Gasteiger partial charge < -0.3 is 14.8 Å². The second-order valence-electron chi connectivity index (χ2n) is 8.46. The lowest BCUT2D eigenvalue weighted by atomic mass is 10.1. The minimum atomic E-state index is -3.75. The maximum Gasteiger partial charge on any atom is 0.263 e. The number of fused-ring (bicyclic) bond motifs is 2. The van der Waals surface area contributed by atoms with Gasteiger partial charge in [0.2, 0.25) is 10.0 Å². The van der Waals surface area contributed by atoms with E-state index in [0.29, 0.717) is 17.0 Å². The number of para-hydroxylation sites is 2. The number of sulfonamides is 1. The molecule has 0 saturated carbocycles. The van der Waals surface area contributed by atoms with Crippen molar-refractivity contribution >= 4 is 32.4 Å². The average molecular weight is 503 g/mol. The minimum absolute atomic E-state index is 0.109. The molecule has 184 valence electrons. The highest BCUT2D eigenvalue weighted by Gasteiger charge is 2.36. The Kier molecular flexibility index (Phi) is 6.77. The molecule has 36 heavy (non-hydrogen) atoms. The van der Waals surface area contributed by atoms with E-state index in [2.05, 4.69) is 5.32 Å². The summed E-state index contributed by atoms with van der Waals surface area (Å²) in [5, 5.41) is 4.88. The van der Waals surface area contributed by atoms with Crippen molar-refractivity contribution in [3.8, 4) is 11.5 Å². The SMILES string of the molecule is O=C(NCCOc1cccc2ccccc12)[C@H]1CN(S(=O)(=O)Cc2ccccc2)c2ccccc2O1. The third-order valence-electron chi connectivity index (χ3n) is 5.96. The normalized spacial score (nSPS) is 15.1. The van der Waals surface area contributed by atoms with E-state index in [1.165, 1.54) is 4.31 Å². The lowest BCUT2D eigenvalue weighted by Gasteiger charge is -2.34. The number of benzene rings is 4. The van der Waals surface area contributed by atoms with Gasteiger partial charge in [-0.2, -0.15) is 0 Å². The van der Waals surface area contributed by atoms with Crippen molar-refractivity contribution in [3.05, 3.63) is 103 Å².